The molecule has 10 heteroatoms. The van der Waals surface area contributed by atoms with Gasteiger partial charge in [-0.15, -0.1) is 0 Å². The summed E-state index contributed by atoms with van der Waals surface area (Å²) in [5.74, 6) is -1.26. The molecule has 1 aromatic rings. The van der Waals surface area contributed by atoms with Gasteiger partial charge in [-0.1, -0.05) is 26.8 Å². The minimum atomic E-state index is -0.785. The van der Waals surface area contributed by atoms with E-state index in [4.69, 9.17) is 23.7 Å². The lowest BCUT2D eigenvalue weighted by Gasteiger charge is -2.24. The highest BCUT2D eigenvalue weighted by Gasteiger charge is 2.32. The standard InChI is InChI=1S/C29H45NO9/c1-10-19(4)37-27(34)36-16-15-30-21(24(31)35-9)17-20-13-14-22(38-25(32)28(5,6)11-2)23(18-20)39-26(33)29(7,8)12-3/h13-14,18-19,21,30H,10-12,15-17H2,1-9H3/t19?,21-/m0/s1. The number of methoxy groups -OCH3 is 1. The minimum Gasteiger partial charge on any atom is -0.468 e. The van der Waals surface area contributed by atoms with E-state index in [0.29, 0.717) is 24.8 Å². The van der Waals surface area contributed by atoms with Gasteiger partial charge in [0.2, 0.25) is 0 Å². The number of esters is 3. The molecule has 39 heavy (non-hydrogen) atoms. The number of hydrogen-bond donors (Lipinski definition) is 1. The number of benzene rings is 1. The zero-order valence-electron chi connectivity index (χ0n) is 24.8. The molecule has 10 nitrogen and oxygen atoms in total. The molecule has 0 bridgehead atoms. The highest BCUT2D eigenvalue weighted by atomic mass is 16.7. The lowest BCUT2D eigenvalue weighted by atomic mass is 9.90. The molecule has 0 aliphatic heterocycles. The summed E-state index contributed by atoms with van der Waals surface area (Å²) in [6.45, 7) is 14.7. The van der Waals surface area contributed by atoms with Crippen LogP contribution >= 0.6 is 0 Å². The summed E-state index contributed by atoms with van der Waals surface area (Å²) in [7, 11) is 1.27. The Hall–Kier alpha value is -3.14. The van der Waals surface area contributed by atoms with Crippen molar-refractivity contribution < 1.29 is 42.9 Å². The maximum atomic E-state index is 12.9. The molecular formula is C29H45NO9. The van der Waals surface area contributed by atoms with Crippen molar-refractivity contribution in [2.45, 2.75) is 93.2 Å². The molecule has 0 aliphatic carbocycles. The molecule has 0 aromatic heterocycles. The van der Waals surface area contributed by atoms with Crippen LogP contribution in [0.3, 0.4) is 0 Å². The Morgan fingerprint density at radius 1 is 0.897 bits per heavy atom. The Balaban J connectivity index is 3.11. The van der Waals surface area contributed by atoms with Crippen LogP contribution in [0.25, 0.3) is 0 Å². The monoisotopic (exact) mass is 551 g/mol. The van der Waals surface area contributed by atoms with Gasteiger partial charge in [-0.25, -0.2) is 4.79 Å². The van der Waals surface area contributed by atoms with Crippen molar-refractivity contribution in [3.63, 3.8) is 0 Å². The van der Waals surface area contributed by atoms with Crippen LogP contribution in [-0.2, 0) is 35.0 Å². The maximum absolute atomic E-state index is 12.9. The molecule has 0 saturated carbocycles. The summed E-state index contributed by atoms with van der Waals surface area (Å²) in [6.07, 6.45) is 0.909. The number of hydrogen-bond acceptors (Lipinski definition) is 10. The van der Waals surface area contributed by atoms with E-state index >= 15 is 0 Å². The Kier molecular flexibility index (Phi) is 13.4. The van der Waals surface area contributed by atoms with Gasteiger partial charge in [0.05, 0.1) is 17.9 Å². The molecule has 0 spiro atoms. The van der Waals surface area contributed by atoms with Gasteiger partial charge in [-0.2, -0.15) is 0 Å². The van der Waals surface area contributed by atoms with Crippen LogP contribution in [0.4, 0.5) is 4.79 Å². The van der Waals surface area contributed by atoms with Crippen LogP contribution in [0, 0.1) is 10.8 Å². The predicted octanol–water partition coefficient (Wildman–Crippen LogP) is 5.00. The molecule has 2 atom stereocenters. The first kappa shape index (κ1) is 33.9. The molecule has 0 fully saturated rings. The lowest BCUT2D eigenvalue weighted by Crippen LogP contribution is -2.41. The van der Waals surface area contributed by atoms with E-state index in [9.17, 15) is 19.2 Å². The van der Waals surface area contributed by atoms with Gasteiger partial charge in [-0.05, 0) is 78.0 Å². The Labute approximate surface area is 232 Å². The van der Waals surface area contributed by atoms with Crippen LogP contribution in [0.5, 0.6) is 11.5 Å². The van der Waals surface area contributed by atoms with E-state index in [0.717, 1.165) is 0 Å². The number of nitrogens with one attached hydrogen (secondary N) is 1. The van der Waals surface area contributed by atoms with Gasteiger partial charge in [0.1, 0.15) is 18.8 Å². The molecule has 1 aromatic carbocycles. The van der Waals surface area contributed by atoms with Crippen LogP contribution in [0.15, 0.2) is 18.2 Å². The fourth-order valence-electron chi connectivity index (χ4n) is 2.87. The molecule has 0 aliphatic rings. The van der Waals surface area contributed by atoms with Crippen molar-refractivity contribution in [2.75, 3.05) is 20.3 Å². The average molecular weight is 552 g/mol. The molecule has 0 saturated heterocycles. The van der Waals surface area contributed by atoms with Crippen molar-refractivity contribution >= 4 is 24.1 Å². The van der Waals surface area contributed by atoms with Gasteiger partial charge in [0.15, 0.2) is 11.5 Å². The van der Waals surface area contributed by atoms with Gasteiger partial charge in [0, 0.05) is 6.54 Å². The fourth-order valence-corrected chi connectivity index (χ4v) is 2.87. The molecular weight excluding hydrogens is 506 g/mol. The zero-order valence-corrected chi connectivity index (χ0v) is 24.8. The minimum absolute atomic E-state index is 0.0141. The molecule has 1 N–H and O–H groups in total. The van der Waals surface area contributed by atoms with E-state index in [2.05, 4.69) is 5.32 Å². The molecule has 220 valence electrons. The summed E-state index contributed by atoms with van der Waals surface area (Å²) in [4.78, 5) is 49.7. The molecule has 1 unspecified atom stereocenters. The quantitative estimate of drug-likeness (QED) is 0.181. The summed E-state index contributed by atoms with van der Waals surface area (Å²) < 4.78 is 26.3. The third-order valence-electron chi connectivity index (χ3n) is 6.80. The van der Waals surface area contributed by atoms with Crippen LogP contribution in [0.1, 0.15) is 80.2 Å². The highest BCUT2D eigenvalue weighted by Crippen LogP contribution is 2.34. The topological polar surface area (TPSA) is 126 Å². The molecule has 0 heterocycles. The zero-order chi connectivity index (χ0) is 29.8. The molecule has 1 rings (SSSR count). The Bertz CT molecular complexity index is 987. The first-order chi connectivity index (χ1) is 18.2. The van der Waals surface area contributed by atoms with Crippen molar-refractivity contribution in [3.8, 4) is 11.5 Å². The predicted molar refractivity (Wildman–Crippen MR) is 146 cm³/mol. The molecule has 0 radical (unpaired) electrons. The summed E-state index contributed by atoms with van der Waals surface area (Å²) in [5, 5.41) is 3.01. The summed E-state index contributed by atoms with van der Waals surface area (Å²) in [5.41, 5.74) is -0.862. The second kappa shape index (κ2) is 15.5. The number of carbonyl (C=O) groups is 4. The van der Waals surface area contributed by atoms with Crippen molar-refractivity contribution in [3.05, 3.63) is 23.8 Å². The third kappa shape index (κ3) is 10.9. The lowest BCUT2D eigenvalue weighted by molar-refractivity contribution is -0.147. The molecule has 0 amide bonds. The second-order valence-corrected chi connectivity index (χ2v) is 10.7. The number of ether oxygens (including phenoxy) is 5. The van der Waals surface area contributed by atoms with E-state index in [-0.39, 0.29) is 37.2 Å². The normalized spacial score (nSPS) is 13.2. The van der Waals surface area contributed by atoms with Gasteiger partial charge < -0.3 is 29.0 Å². The van der Waals surface area contributed by atoms with Gasteiger partial charge >= 0.3 is 24.1 Å². The van der Waals surface area contributed by atoms with Crippen molar-refractivity contribution in [1.29, 1.82) is 0 Å². The Morgan fingerprint density at radius 2 is 1.46 bits per heavy atom. The van der Waals surface area contributed by atoms with E-state index in [1.54, 1.807) is 52.8 Å². The van der Waals surface area contributed by atoms with Gasteiger partial charge in [-0.3, -0.25) is 14.4 Å². The largest absolute Gasteiger partial charge is 0.508 e. The Morgan fingerprint density at radius 3 is 1.97 bits per heavy atom. The van der Waals surface area contributed by atoms with Crippen LogP contribution < -0.4 is 14.8 Å². The fraction of sp³-hybridized carbons (Fsp3) is 0.655. The maximum Gasteiger partial charge on any atom is 0.508 e. The van der Waals surface area contributed by atoms with Crippen LogP contribution in [-0.4, -0.2) is 56.5 Å². The van der Waals surface area contributed by atoms with Gasteiger partial charge in [0.25, 0.3) is 0 Å². The summed E-state index contributed by atoms with van der Waals surface area (Å²) in [6, 6.07) is 4.01. The van der Waals surface area contributed by atoms with E-state index in [1.807, 2.05) is 20.8 Å². The first-order valence-corrected chi connectivity index (χ1v) is 13.4. The van der Waals surface area contributed by atoms with Crippen molar-refractivity contribution in [1.82, 2.24) is 5.32 Å². The number of rotatable bonds is 15. The third-order valence-corrected chi connectivity index (χ3v) is 6.80. The number of carbonyl (C=O) groups excluding carboxylic acids is 4. The van der Waals surface area contributed by atoms with E-state index < -0.39 is 40.9 Å². The summed E-state index contributed by atoms with van der Waals surface area (Å²) >= 11 is 0. The smallest absolute Gasteiger partial charge is 0.468 e. The van der Waals surface area contributed by atoms with Crippen molar-refractivity contribution in [2.24, 2.45) is 10.8 Å². The van der Waals surface area contributed by atoms with E-state index in [1.165, 1.54) is 7.11 Å². The average Bonchev–Trinajstić information content (AvgIpc) is 2.90. The van der Waals surface area contributed by atoms with Crippen LogP contribution in [0.2, 0.25) is 0 Å². The second-order valence-electron chi connectivity index (χ2n) is 10.7. The first-order valence-electron chi connectivity index (χ1n) is 13.4. The highest BCUT2D eigenvalue weighted by molar-refractivity contribution is 5.81. The SMILES string of the molecule is CCC(C)OC(=O)OCCN[C@@H](Cc1ccc(OC(=O)C(C)(C)CC)c(OC(=O)C(C)(C)CC)c1)C(=O)OC.